The molecule has 2 rings (SSSR count). The number of carbonyl (C=O) groups excluding carboxylic acids is 1. The van der Waals surface area contributed by atoms with Crippen molar-refractivity contribution in [3.05, 3.63) is 40.9 Å². The van der Waals surface area contributed by atoms with Gasteiger partial charge in [-0.1, -0.05) is 24.3 Å². The summed E-state index contributed by atoms with van der Waals surface area (Å²) >= 11 is 1.63. The summed E-state index contributed by atoms with van der Waals surface area (Å²) in [5, 5.41) is 6.02. The van der Waals surface area contributed by atoms with Gasteiger partial charge in [0.15, 0.2) is 0 Å². The molecule has 0 saturated carbocycles. The Balaban J connectivity index is 2.12. The Morgan fingerprint density at radius 3 is 2.62 bits per heavy atom. The highest BCUT2D eigenvalue weighted by atomic mass is 32.1. The highest BCUT2D eigenvalue weighted by Crippen LogP contribution is 2.26. The molecule has 0 fully saturated rings. The molecule has 21 heavy (non-hydrogen) atoms. The molecule has 0 aliphatic rings. The van der Waals surface area contributed by atoms with Crippen molar-refractivity contribution in [2.45, 2.75) is 27.3 Å². The minimum Gasteiger partial charge on any atom is -0.334 e. The molecule has 1 aromatic carbocycles. The van der Waals surface area contributed by atoms with Gasteiger partial charge < -0.3 is 10.2 Å². The van der Waals surface area contributed by atoms with Crippen molar-refractivity contribution in [1.29, 1.82) is 0 Å². The molecule has 1 aromatic heterocycles. The predicted molar refractivity (Wildman–Crippen MR) is 87.4 cm³/mol. The van der Waals surface area contributed by atoms with E-state index in [0.717, 1.165) is 34.9 Å². The predicted octanol–water partition coefficient (Wildman–Crippen LogP) is 3.67. The third-order valence-electron chi connectivity index (χ3n) is 3.35. The van der Waals surface area contributed by atoms with Crippen LogP contribution in [0, 0.1) is 6.92 Å². The quantitative estimate of drug-likeness (QED) is 0.916. The van der Waals surface area contributed by atoms with Crippen LogP contribution in [0.2, 0.25) is 0 Å². The number of benzene rings is 1. The normalized spacial score (nSPS) is 10.4. The fraction of sp³-hybridized carbons (Fsp3) is 0.375. The van der Waals surface area contributed by atoms with E-state index in [-0.39, 0.29) is 6.03 Å². The molecule has 0 radical (unpaired) electrons. The van der Waals surface area contributed by atoms with Crippen LogP contribution in [-0.4, -0.2) is 29.0 Å². The second-order valence-electron chi connectivity index (χ2n) is 4.78. The van der Waals surface area contributed by atoms with Crippen LogP contribution in [0.3, 0.4) is 0 Å². The summed E-state index contributed by atoms with van der Waals surface area (Å²) in [6.45, 7) is 7.91. The first-order valence-electron chi connectivity index (χ1n) is 7.18. The summed E-state index contributed by atoms with van der Waals surface area (Å²) in [6, 6.07) is 8.06. The molecule has 0 bridgehead atoms. The Morgan fingerprint density at radius 1 is 1.29 bits per heavy atom. The molecule has 1 N–H and O–H groups in total. The minimum atomic E-state index is -0.0230. The zero-order valence-corrected chi connectivity index (χ0v) is 13.5. The van der Waals surface area contributed by atoms with Gasteiger partial charge >= 0.3 is 6.03 Å². The molecule has 5 heteroatoms. The third-order valence-corrected chi connectivity index (χ3v) is 4.34. The molecule has 0 atom stereocenters. The highest BCUT2D eigenvalue weighted by Gasteiger charge is 2.11. The van der Waals surface area contributed by atoms with Crippen LogP contribution in [0.25, 0.3) is 10.6 Å². The van der Waals surface area contributed by atoms with Crippen LogP contribution in [0.4, 0.5) is 4.79 Å². The van der Waals surface area contributed by atoms with Crippen LogP contribution in [-0.2, 0) is 6.54 Å². The average molecular weight is 303 g/mol. The average Bonchev–Trinajstić information content (AvgIpc) is 2.93. The van der Waals surface area contributed by atoms with E-state index in [4.69, 9.17) is 0 Å². The van der Waals surface area contributed by atoms with Crippen LogP contribution in [0.15, 0.2) is 29.6 Å². The maximum absolute atomic E-state index is 12.0. The number of carbonyl (C=O) groups is 1. The van der Waals surface area contributed by atoms with Crippen molar-refractivity contribution >= 4 is 17.4 Å². The van der Waals surface area contributed by atoms with E-state index in [1.807, 2.05) is 44.4 Å². The van der Waals surface area contributed by atoms with Gasteiger partial charge in [-0.15, -0.1) is 11.3 Å². The molecule has 2 aromatic rings. The van der Waals surface area contributed by atoms with Crippen molar-refractivity contribution in [1.82, 2.24) is 15.2 Å². The first-order chi connectivity index (χ1) is 10.2. The number of aryl methyl sites for hydroxylation is 1. The van der Waals surface area contributed by atoms with Gasteiger partial charge in [-0.25, -0.2) is 9.78 Å². The van der Waals surface area contributed by atoms with Crippen LogP contribution in [0.5, 0.6) is 0 Å². The maximum atomic E-state index is 12.0. The van der Waals surface area contributed by atoms with Gasteiger partial charge in [0, 0.05) is 36.3 Å². The molecule has 0 saturated heterocycles. The Hall–Kier alpha value is -1.88. The number of rotatable bonds is 5. The van der Waals surface area contributed by atoms with Crippen molar-refractivity contribution < 1.29 is 4.79 Å². The fourth-order valence-electron chi connectivity index (χ4n) is 2.15. The highest BCUT2D eigenvalue weighted by molar-refractivity contribution is 7.13. The first kappa shape index (κ1) is 15.5. The number of hydrogen-bond acceptors (Lipinski definition) is 3. The number of nitrogens with zero attached hydrogens (tertiary/aromatic N) is 2. The first-order valence-corrected chi connectivity index (χ1v) is 8.06. The van der Waals surface area contributed by atoms with Gasteiger partial charge in [0.1, 0.15) is 5.01 Å². The number of hydrogen-bond donors (Lipinski definition) is 1. The number of aromatic nitrogens is 1. The van der Waals surface area contributed by atoms with Crippen LogP contribution >= 0.6 is 11.3 Å². The standard InChI is InChI=1S/C16H21N3OS/c1-4-19(5-2)16(20)17-10-13-8-6-7-9-14(13)15-18-12(3)11-21-15/h6-9,11H,4-5,10H2,1-3H3,(H,17,20). The van der Waals surface area contributed by atoms with Gasteiger partial charge in [0.25, 0.3) is 0 Å². The molecule has 0 spiro atoms. The topological polar surface area (TPSA) is 45.2 Å². The molecule has 112 valence electrons. The Kier molecular flexibility index (Phi) is 5.33. The van der Waals surface area contributed by atoms with Gasteiger partial charge in [-0.3, -0.25) is 0 Å². The van der Waals surface area contributed by atoms with E-state index in [2.05, 4.69) is 16.4 Å². The van der Waals surface area contributed by atoms with E-state index in [0.29, 0.717) is 6.54 Å². The van der Waals surface area contributed by atoms with Gasteiger partial charge in [0.05, 0.1) is 0 Å². The van der Waals surface area contributed by atoms with Crippen molar-refractivity contribution in [2.75, 3.05) is 13.1 Å². The summed E-state index contributed by atoms with van der Waals surface area (Å²) < 4.78 is 0. The molecule has 0 aliphatic carbocycles. The fourth-order valence-corrected chi connectivity index (χ4v) is 3.01. The summed E-state index contributed by atoms with van der Waals surface area (Å²) in [5.41, 5.74) is 3.21. The smallest absolute Gasteiger partial charge is 0.317 e. The summed E-state index contributed by atoms with van der Waals surface area (Å²) in [5.74, 6) is 0. The van der Waals surface area contributed by atoms with E-state index in [1.54, 1.807) is 16.2 Å². The Bertz CT molecular complexity index is 605. The van der Waals surface area contributed by atoms with Crippen molar-refractivity contribution in [2.24, 2.45) is 0 Å². The summed E-state index contributed by atoms with van der Waals surface area (Å²) in [7, 11) is 0. The third kappa shape index (κ3) is 3.82. The largest absolute Gasteiger partial charge is 0.334 e. The van der Waals surface area contributed by atoms with Crippen LogP contribution in [0.1, 0.15) is 25.1 Å². The van der Waals surface area contributed by atoms with E-state index < -0.39 is 0 Å². The van der Waals surface area contributed by atoms with E-state index in [1.165, 1.54) is 0 Å². The number of amides is 2. The zero-order chi connectivity index (χ0) is 15.2. The minimum absolute atomic E-state index is 0.0230. The number of urea groups is 1. The molecule has 4 nitrogen and oxygen atoms in total. The molecule has 0 aliphatic heterocycles. The Labute approximate surface area is 129 Å². The number of thiazole rings is 1. The van der Waals surface area contributed by atoms with Gasteiger partial charge in [-0.05, 0) is 26.3 Å². The monoisotopic (exact) mass is 303 g/mol. The zero-order valence-electron chi connectivity index (χ0n) is 12.7. The lowest BCUT2D eigenvalue weighted by Gasteiger charge is -2.19. The summed E-state index contributed by atoms with van der Waals surface area (Å²) in [4.78, 5) is 18.3. The van der Waals surface area contributed by atoms with Crippen molar-refractivity contribution in [3.8, 4) is 10.6 Å². The lowest BCUT2D eigenvalue weighted by Crippen LogP contribution is -2.39. The van der Waals surface area contributed by atoms with E-state index in [9.17, 15) is 4.79 Å². The SMILES string of the molecule is CCN(CC)C(=O)NCc1ccccc1-c1nc(C)cs1. The Morgan fingerprint density at radius 2 is 2.00 bits per heavy atom. The van der Waals surface area contributed by atoms with Gasteiger partial charge in [-0.2, -0.15) is 0 Å². The molecular formula is C16H21N3OS. The second kappa shape index (κ2) is 7.22. The second-order valence-corrected chi connectivity index (χ2v) is 5.64. The molecule has 1 heterocycles. The molecule has 2 amide bonds. The number of nitrogens with one attached hydrogen (secondary N) is 1. The maximum Gasteiger partial charge on any atom is 0.317 e. The molecular weight excluding hydrogens is 282 g/mol. The van der Waals surface area contributed by atoms with E-state index >= 15 is 0 Å². The van der Waals surface area contributed by atoms with Crippen molar-refractivity contribution in [3.63, 3.8) is 0 Å². The van der Waals surface area contributed by atoms with Crippen LogP contribution < -0.4 is 5.32 Å². The summed E-state index contributed by atoms with van der Waals surface area (Å²) in [6.07, 6.45) is 0. The van der Waals surface area contributed by atoms with Gasteiger partial charge in [0.2, 0.25) is 0 Å². The lowest BCUT2D eigenvalue weighted by molar-refractivity contribution is 0.203. The lowest BCUT2D eigenvalue weighted by atomic mass is 10.1. The molecule has 0 unspecified atom stereocenters.